The maximum Gasteiger partial charge on any atom is 0.418 e. The summed E-state index contributed by atoms with van der Waals surface area (Å²) in [5.74, 6) is -0.118. The molecular formula is C13H15F3N2O. The Morgan fingerprint density at radius 1 is 1.42 bits per heavy atom. The Kier molecular flexibility index (Phi) is 4.97. The predicted molar refractivity (Wildman–Crippen MR) is 68.2 cm³/mol. The molecule has 1 aromatic carbocycles. The molecule has 0 saturated heterocycles. The van der Waals surface area contributed by atoms with Crippen LogP contribution < -0.4 is 11.1 Å². The summed E-state index contributed by atoms with van der Waals surface area (Å²) in [7, 11) is 0. The summed E-state index contributed by atoms with van der Waals surface area (Å²) in [6, 6.07) is 3.59. The van der Waals surface area contributed by atoms with Gasteiger partial charge in [-0.15, -0.1) is 0 Å². The van der Waals surface area contributed by atoms with E-state index in [0.29, 0.717) is 18.5 Å². The summed E-state index contributed by atoms with van der Waals surface area (Å²) >= 11 is 0. The molecule has 0 fully saturated rings. The van der Waals surface area contributed by atoms with Gasteiger partial charge in [-0.2, -0.15) is 13.2 Å². The molecule has 3 N–H and O–H groups in total. The zero-order chi connectivity index (χ0) is 14.5. The lowest BCUT2D eigenvalue weighted by Crippen LogP contribution is -2.20. The molecule has 0 unspecified atom stereocenters. The molecule has 0 spiro atoms. The van der Waals surface area contributed by atoms with Gasteiger partial charge in [-0.25, -0.2) is 0 Å². The molecule has 1 rings (SSSR count). The Morgan fingerprint density at radius 2 is 2.11 bits per heavy atom. The number of alkyl halides is 3. The van der Waals surface area contributed by atoms with Crippen molar-refractivity contribution in [2.75, 3.05) is 12.3 Å². The maximum absolute atomic E-state index is 12.5. The van der Waals surface area contributed by atoms with Gasteiger partial charge in [0.05, 0.1) is 5.56 Å². The molecule has 0 heterocycles. The van der Waals surface area contributed by atoms with E-state index in [0.717, 1.165) is 6.07 Å². The van der Waals surface area contributed by atoms with E-state index in [1.807, 2.05) is 0 Å². The molecule has 3 nitrogen and oxygen atoms in total. The molecule has 0 aliphatic carbocycles. The third kappa shape index (κ3) is 5.03. The second-order valence-electron chi connectivity index (χ2n) is 4.02. The van der Waals surface area contributed by atoms with Gasteiger partial charge in [-0.1, -0.05) is 18.2 Å². The Bertz CT molecular complexity index is 481. The van der Waals surface area contributed by atoms with Crippen LogP contribution in [0.15, 0.2) is 24.3 Å². The SMILES string of the molecule is CC(=O)NCCC=Cc1ccc(C(F)(F)F)c(N)c1. The quantitative estimate of drug-likeness (QED) is 0.654. The van der Waals surface area contributed by atoms with E-state index in [4.69, 9.17) is 5.73 Å². The van der Waals surface area contributed by atoms with Gasteiger partial charge in [0.1, 0.15) is 0 Å². The van der Waals surface area contributed by atoms with Gasteiger partial charge in [-0.3, -0.25) is 4.79 Å². The minimum Gasteiger partial charge on any atom is -0.398 e. The molecule has 0 bridgehead atoms. The van der Waals surface area contributed by atoms with Gasteiger partial charge in [-0.05, 0) is 24.1 Å². The van der Waals surface area contributed by atoms with Crippen molar-refractivity contribution in [1.82, 2.24) is 5.32 Å². The van der Waals surface area contributed by atoms with Crippen LogP contribution in [0, 0.1) is 0 Å². The van der Waals surface area contributed by atoms with Crippen LogP contribution in [0.4, 0.5) is 18.9 Å². The monoisotopic (exact) mass is 272 g/mol. The molecule has 6 heteroatoms. The number of nitrogens with two attached hydrogens (primary N) is 1. The van der Waals surface area contributed by atoms with Crippen LogP contribution in [-0.4, -0.2) is 12.5 Å². The second-order valence-corrected chi connectivity index (χ2v) is 4.02. The van der Waals surface area contributed by atoms with Crippen molar-refractivity contribution in [3.63, 3.8) is 0 Å². The van der Waals surface area contributed by atoms with Crippen LogP contribution in [0.1, 0.15) is 24.5 Å². The zero-order valence-electron chi connectivity index (χ0n) is 10.4. The number of hydrogen-bond acceptors (Lipinski definition) is 2. The van der Waals surface area contributed by atoms with E-state index in [1.54, 1.807) is 12.2 Å². The Labute approximate surface area is 109 Å². The van der Waals surface area contributed by atoms with E-state index < -0.39 is 11.7 Å². The highest BCUT2D eigenvalue weighted by Crippen LogP contribution is 2.33. The normalized spacial score (nSPS) is 11.8. The summed E-state index contributed by atoms with van der Waals surface area (Å²) in [4.78, 5) is 10.6. The zero-order valence-corrected chi connectivity index (χ0v) is 10.4. The summed E-state index contributed by atoms with van der Waals surface area (Å²) in [5.41, 5.74) is 4.83. The van der Waals surface area contributed by atoms with Crippen molar-refractivity contribution in [2.24, 2.45) is 0 Å². The lowest BCUT2D eigenvalue weighted by Gasteiger charge is -2.10. The first-order valence-corrected chi connectivity index (χ1v) is 5.68. The Hall–Kier alpha value is -1.98. The number of carbonyl (C=O) groups excluding carboxylic acids is 1. The van der Waals surface area contributed by atoms with Gasteiger partial charge in [0.25, 0.3) is 0 Å². The number of hydrogen-bond donors (Lipinski definition) is 2. The second kappa shape index (κ2) is 6.26. The van der Waals surface area contributed by atoms with E-state index in [2.05, 4.69) is 5.32 Å². The van der Waals surface area contributed by atoms with Gasteiger partial charge in [0.2, 0.25) is 5.91 Å². The van der Waals surface area contributed by atoms with Crippen molar-refractivity contribution in [1.29, 1.82) is 0 Å². The number of benzene rings is 1. The molecule has 19 heavy (non-hydrogen) atoms. The number of nitrogens with one attached hydrogen (secondary N) is 1. The highest BCUT2D eigenvalue weighted by Gasteiger charge is 2.32. The van der Waals surface area contributed by atoms with E-state index in [-0.39, 0.29) is 11.6 Å². The molecule has 104 valence electrons. The average Bonchev–Trinajstić information content (AvgIpc) is 2.26. The fraction of sp³-hybridized carbons (Fsp3) is 0.308. The molecule has 0 saturated carbocycles. The van der Waals surface area contributed by atoms with Crippen molar-refractivity contribution in [3.05, 3.63) is 35.4 Å². The van der Waals surface area contributed by atoms with Crippen molar-refractivity contribution in [3.8, 4) is 0 Å². The summed E-state index contributed by atoms with van der Waals surface area (Å²) < 4.78 is 37.4. The predicted octanol–water partition coefficient (Wildman–Crippen LogP) is 2.83. The van der Waals surface area contributed by atoms with Crippen LogP contribution in [0.3, 0.4) is 0 Å². The van der Waals surface area contributed by atoms with E-state index >= 15 is 0 Å². The first kappa shape index (κ1) is 15.1. The summed E-state index contributed by atoms with van der Waals surface area (Å²) in [6.45, 7) is 1.90. The van der Waals surface area contributed by atoms with Crippen LogP contribution in [-0.2, 0) is 11.0 Å². The number of anilines is 1. The van der Waals surface area contributed by atoms with Gasteiger partial charge in [0, 0.05) is 19.2 Å². The topological polar surface area (TPSA) is 55.1 Å². The lowest BCUT2D eigenvalue weighted by atomic mass is 10.1. The van der Waals surface area contributed by atoms with E-state index in [1.165, 1.54) is 19.1 Å². The Morgan fingerprint density at radius 3 is 2.63 bits per heavy atom. The fourth-order valence-electron chi connectivity index (χ4n) is 1.49. The molecule has 1 aromatic rings. The highest BCUT2D eigenvalue weighted by atomic mass is 19.4. The molecule has 0 radical (unpaired) electrons. The van der Waals surface area contributed by atoms with Crippen molar-refractivity contribution in [2.45, 2.75) is 19.5 Å². The first-order chi connectivity index (χ1) is 8.80. The number of nitrogen functional groups attached to an aromatic ring is 1. The van der Waals surface area contributed by atoms with E-state index in [9.17, 15) is 18.0 Å². The van der Waals surface area contributed by atoms with Gasteiger partial charge in [0.15, 0.2) is 0 Å². The minimum atomic E-state index is -4.43. The lowest BCUT2D eigenvalue weighted by molar-refractivity contribution is -0.136. The average molecular weight is 272 g/mol. The van der Waals surface area contributed by atoms with Crippen molar-refractivity contribution >= 4 is 17.7 Å². The molecular weight excluding hydrogens is 257 g/mol. The number of carbonyl (C=O) groups is 1. The highest BCUT2D eigenvalue weighted by molar-refractivity contribution is 5.72. The third-order valence-corrected chi connectivity index (χ3v) is 2.38. The van der Waals surface area contributed by atoms with Crippen molar-refractivity contribution < 1.29 is 18.0 Å². The molecule has 0 atom stereocenters. The fourth-order valence-corrected chi connectivity index (χ4v) is 1.49. The first-order valence-electron chi connectivity index (χ1n) is 5.68. The molecule has 0 aliphatic heterocycles. The number of rotatable bonds is 4. The smallest absolute Gasteiger partial charge is 0.398 e. The van der Waals surface area contributed by atoms with Crippen LogP contribution in [0.2, 0.25) is 0 Å². The number of amides is 1. The Balaban J connectivity index is 2.64. The number of halogens is 3. The summed E-state index contributed by atoms with van der Waals surface area (Å²) in [6.07, 6.45) is -0.408. The van der Waals surface area contributed by atoms with Crippen LogP contribution in [0.25, 0.3) is 6.08 Å². The van der Waals surface area contributed by atoms with Gasteiger partial charge < -0.3 is 11.1 Å². The van der Waals surface area contributed by atoms with Crippen LogP contribution >= 0.6 is 0 Å². The standard InChI is InChI=1S/C13H15F3N2O/c1-9(19)18-7-3-2-4-10-5-6-11(12(17)8-10)13(14,15)16/h2,4-6,8H,3,7,17H2,1H3,(H,18,19). The van der Waals surface area contributed by atoms with Gasteiger partial charge >= 0.3 is 6.18 Å². The third-order valence-electron chi connectivity index (χ3n) is 2.38. The summed E-state index contributed by atoms with van der Waals surface area (Å²) in [5, 5.41) is 2.61. The molecule has 1 amide bonds. The van der Waals surface area contributed by atoms with Crippen LogP contribution in [0.5, 0.6) is 0 Å². The maximum atomic E-state index is 12.5. The molecule has 0 aromatic heterocycles. The largest absolute Gasteiger partial charge is 0.418 e. The minimum absolute atomic E-state index is 0.118. The molecule has 0 aliphatic rings.